The molecule has 2 heterocycles. The molecule has 1 saturated heterocycles. The number of carbonyl (C=O) groups is 2. The normalized spacial score (nSPS) is 17.1. The lowest BCUT2D eigenvalue weighted by atomic mass is 9.86. The van der Waals surface area contributed by atoms with Gasteiger partial charge in [-0.05, 0) is 12.8 Å². The zero-order valence-electron chi connectivity index (χ0n) is 12.9. The van der Waals surface area contributed by atoms with Crippen molar-refractivity contribution in [3.63, 3.8) is 0 Å². The van der Waals surface area contributed by atoms with Crippen LogP contribution >= 0.6 is 11.3 Å². The molecule has 0 atom stereocenters. The molecule has 1 aliphatic rings. The van der Waals surface area contributed by atoms with Gasteiger partial charge in [0.1, 0.15) is 5.54 Å². The SMILES string of the molecule is COCCNC(=O)C1(Nc2nccs2)CCN(C(C)=O)CC1. The van der Waals surface area contributed by atoms with Gasteiger partial charge in [-0.15, -0.1) is 11.3 Å². The Morgan fingerprint density at radius 3 is 2.73 bits per heavy atom. The molecule has 7 nitrogen and oxygen atoms in total. The lowest BCUT2D eigenvalue weighted by Gasteiger charge is -2.40. The van der Waals surface area contributed by atoms with Gasteiger partial charge in [0.05, 0.1) is 6.61 Å². The van der Waals surface area contributed by atoms with Gasteiger partial charge < -0.3 is 20.3 Å². The van der Waals surface area contributed by atoms with E-state index >= 15 is 0 Å². The number of rotatable bonds is 6. The first kappa shape index (κ1) is 16.7. The van der Waals surface area contributed by atoms with Crippen molar-refractivity contribution in [1.82, 2.24) is 15.2 Å². The average molecular weight is 326 g/mol. The minimum atomic E-state index is -0.725. The first-order valence-electron chi connectivity index (χ1n) is 7.28. The van der Waals surface area contributed by atoms with Gasteiger partial charge in [0.25, 0.3) is 0 Å². The van der Waals surface area contributed by atoms with E-state index in [0.717, 1.165) is 5.13 Å². The summed E-state index contributed by atoms with van der Waals surface area (Å²) in [6.45, 7) is 3.61. The number of anilines is 1. The molecule has 0 bridgehead atoms. The fourth-order valence-electron chi connectivity index (χ4n) is 2.54. The van der Waals surface area contributed by atoms with Crippen molar-refractivity contribution in [1.29, 1.82) is 0 Å². The Morgan fingerprint density at radius 1 is 1.45 bits per heavy atom. The quantitative estimate of drug-likeness (QED) is 0.752. The average Bonchev–Trinajstić information content (AvgIpc) is 3.00. The first-order valence-corrected chi connectivity index (χ1v) is 8.16. The number of piperidine rings is 1. The summed E-state index contributed by atoms with van der Waals surface area (Å²) < 4.78 is 4.97. The summed E-state index contributed by atoms with van der Waals surface area (Å²) in [5, 5.41) is 8.76. The van der Waals surface area contributed by atoms with Crippen molar-refractivity contribution in [2.24, 2.45) is 0 Å². The largest absolute Gasteiger partial charge is 0.383 e. The maximum atomic E-state index is 12.6. The number of likely N-dealkylation sites (tertiary alicyclic amines) is 1. The molecule has 0 spiro atoms. The molecule has 0 aromatic carbocycles. The van der Waals surface area contributed by atoms with Crippen molar-refractivity contribution in [2.45, 2.75) is 25.3 Å². The molecule has 0 unspecified atom stereocenters. The third-order valence-electron chi connectivity index (χ3n) is 3.87. The Kier molecular flexibility index (Phi) is 5.73. The highest BCUT2D eigenvalue weighted by Crippen LogP contribution is 2.28. The Balaban J connectivity index is 2.07. The Bertz CT molecular complexity index is 498. The monoisotopic (exact) mass is 326 g/mol. The third-order valence-corrected chi connectivity index (χ3v) is 4.56. The van der Waals surface area contributed by atoms with E-state index in [-0.39, 0.29) is 11.8 Å². The molecule has 0 radical (unpaired) electrons. The molecular formula is C14H22N4O3S. The molecule has 1 aliphatic heterocycles. The van der Waals surface area contributed by atoms with Crippen LogP contribution in [0.3, 0.4) is 0 Å². The Hall–Kier alpha value is -1.67. The maximum absolute atomic E-state index is 12.6. The number of nitrogens with zero attached hydrogens (tertiary/aromatic N) is 2. The molecule has 2 amide bonds. The van der Waals surface area contributed by atoms with Crippen LogP contribution < -0.4 is 10.6 Å². The summed E-state index contributed by atoms with van der Waals surface area (Å²) in [6.07, 6.45) is 2.82. The van der Waals surface area contributed by atoms with Crippen molar-refractivity contribution < 1.29 is 14.3 Å². The number of methoxy groups -OCH3 is 1. The second-order valence-electron chi connectivity index (χ2n) is 5.30. The molecule has 8 heteroatoms. The van der Waals surface area contributed by atoms with Crippen LogP contribution in [0.1, 0.15) is 19.8 Å². The number of carbonyl (C=O) groups excluding carboxylic acids is 2. The summed E-state index contributed by atoms with van der Waals surface area (Å²) >= 11 is 1.46. The van der Waals surface area contributed by atoms with Crippen molar-refractivity contribution in [2.75, 3.05) is 38.7 Å². The molecule has 0 saturated carbocycles. The van der Waals surface area contributed by atoms with E-state index in [1.54, 1.807) is 25.1 Å². The summed E-state index contributed by atoms with van der Waals surface area (Å²) in [5.74, 6) is -0.0226. The van der Waals surface area contributed by atoms with Gasteiger partial charge in [-0.25, -0.2) is 4.98 Å². The van der Waals surface area contributed by atoms with Crippen LogP contribution in [0.5, 0.6) is 0 Å². The van der Waals surface area contributed by atoms with Gasteiger partial charge in [-0.1, -0.05) is 0 Å². The lowest BCUT2D eigenvalue weighted by molar-refractivity contribution is -0.134. The standard InChI is InChI=1S/C14H22N4O3S/c1-11(19)18-7-3-14(4-8-18,12(20)15-5-9-21-2)17-13-16-6-10-22-13/h6,10H,3-5,7-9H2,1-2H3,(H,15,20)(H,16,17). The fourth-order valence-corrected chi connectivity index (χ4v) is 3.16. The molecule has 1 fully saturated rings. The highest BCUT2D eigenvalue weighted by atomic mass is 32.1. The molecule has 2 rings (SSSR count). The predicted molar refractivity (Wildman–Crippen MR) is 84.8 cm³/mol. The van der Waals surface area contributed by atoms with Crippen LogP contribution in [-0.2, 0) is 14.3 Å². The van der Waals surface area contributed by atoms with Gasteiger partial charge in [0, 0.05) is 45.2 Å². The van der Waals surface area contributed by atoms with E-state index in [0.29, 0.717) is 39.1 Å². The Morgan fingerprint density at radius 2 is 2.18 bits per heavy atom. The van der Waals surface area contributed by atoms with E-state index in [1.807, 2.05) is 5.38 Å². The van der Waals surface area contributed by atoms with Gasteiger partial charge in [0.15, 0.2) is 5.13 Å². The van der Waals surface area contributed by atoms with Crippen molar-refractivity contribution in [3.05, 3.63) is 11.6 Å². The third kappa shape index (κ3) is 3.95. The summed E-state index contributed by atoms with van der Waals surface area (Å²) in [6, 6.07) is 0. The maximum Gasteiger partial charge on any atom is 0.245 e. The molecule has 22 heavy (non-hydrogen) atoms. The molecule has 122 valence electrons. The zero-order valence-corrected chi connectivity index (χ0v) is 13.7. The summed E-state index contributed by atoms with van der Waals surface area (Å²) in [5.41, 5.74) is -0.725. The van der Waals surface area contributed by atoms with Crippen LogP contribution in [-0.4, -0.2) is 60.6 Å². The first-order chi connectivity index (χ1) is 10.6. The number of aromatic nitrogens is 1. The Labute approximate surface area is 134 Å². The molecular weight excluding hydrogens is 304 g/mol. The number of ether oxygens (including phenoxy) is 1. The number of nitrogens with one attached hydrogen (secondary N) is 2. The summed E-state index contributed by atoms with van der Waals surface area (Å²) in [4.78, 5) is 30.1. The smallest absolute Gasteiger partial charge is 0.245 e. The number of hydrogen-bond donors (Lipinski definition) is 2. The van der Waals surface area contributed by atoms with Gasteiger partial charge >= 0.3 is 0 Å². The van der Waals surface area contributed by atoms with E-state index in [4.69, 9.17) is 4.74 Å². The predicted octanol–water partition coefficient (Wildman–Crippen LogP) is 0.699. The lowest BCUT2D eigenvalue weighted by Crippen LogP contribution is -2.59. The van der Waals surface area contributed by atoms with Crippen LogP contribution in [0.25, 0.3) is 0 Å². The second kappa shape index (κ2) is 7.55. The van der Waals surface area contributed by atoms with Crippen LogP contribution in [0, 0.1) is 0 Å². The molecule has 2 N–H and O–H groups in total. The topological polar surface area (TPSA) is 83.6 Å². The fraction of sp³-hybridized carbons (Fsp3) is 0.643. The van der Waals surface area contributed by atoms with Gasteiger partial charge in [-0.2, -0.15) is 0 Å². The molecule has 1 aromatic rings. The van der Waals surface area contributed by atoms with Crippen LogP contribution in [0.4, 0.5) is 5.13 Å². The molecule has 1 aromatic heterocycles. The number of amides is 2. The highest BCUT2D eigenvalue weighted by Gasteiger charge is 2.42. The van der Waals surface area contributed by atoms with E-state index < -0.39 is 5.54 Å². The van der Waals surface area contributed by atoms with E-state index in [9.17, 15) is 9.59 Å². The highest BCUT2D eigenvalue weighted by molar-refractivity contribution is 7.13. The van der Waals surface area contributed by atoms with Crippen LogP contribution in [0.15, 0.2) is 11.6 Å². The second-order valence-corrected chi connectivity index (χ2v) is 6.19. The zero-order chi connectivity index (χ0) is 16.0. The molecule has 0 aliphatic carbocycles. The van der Waals surface area contributed by atoms with Gasteiger partial charge in [0.2, 0.25) is 11.8 Å². The van der Waals surface area contributed by atoms with Crippen molar-refractivity contribution in [3.8, 4) is 0 Å². The number of thiazole rings is 1. The van der Waals surface area contributed by atoms with E-state index in [2.05, 4.69) is 15.6 Å². The minimum Gasteiger partial charge on any atom is -0.383 e. The summed E-state index contributed by atoms with van der Waals surface area (Å²) in [7, 11) is 1.60. The number of hydrogen-bond acceptors (Lipinski definition) is 6. The van der Waals surface area contributed by atoms with Gasteiger partial charge in [-0.3, -0.25) is 9.59 Å². The van der Waals surface area contributed by atoms with Crippen LogP contribution in [0.2, 0.25) is 0 Å². The van der Waals surface area contributed by atoms with Crippen molar-refractivity contribution >= 4 is 28.3 Å². The van der Waals surface area contributed by atoms with E-state index in [1.165, 1.54) is 11.3 Å². The minimum absolute atomic E-state index is 0.0441.